The molecule has 70 valence electrons. The summed E-state index contributed by atoms with van der Waals surface area (Å²) in [5.74, 6) is -0.912. The first-order valence-corrected chi connectivity index (χ1v) is 3.86. The van der Waals surface area contributed by atoms with Gasteiger partial charge < -0.3 is 10.0 Å². The van der Waals surface area contributed by atoms with Crippen molar-refractivity contribution in [3.05, 3.63) is 12.2 Å². The molecule has 3 heteroatoms. The summed E-state index contributed by atoms with van der Waals surface area (Å²) in [6.45, 7) is 7.47. The third-order valence-electron chi connectivity index (χ3n) is 2.16. The number of hydrogen-bond donors (Lipinski definition) is 1. The van der Waals surface area contributed by atoms with Crippen LogP contribution in [-0.4, -0.2) is 35.6 Å². The molecule has 0 saturated heterocycles. The van der Waals surface area contributed by atoms with Gasteiger partial charge in [0.1, 0.15) is 0 Å². The lowest BCUT2D eigenvalue weighted by Gasteiger charge is -2.32. The molecule has 0 amide bonds. The molecule has 0 aromatic heterocycles. The fourth-order valence-corrected chi connectivity index (χ4v) is 0.756. The second kappa shape index (κ2) is 3.72. The third-order valence-corrected chi connectivity index (χ3v) is 2.16. The monoisotopic (exact) mass is 171 g/mol. The Morgan fingerprint density at radius 3 is 2.17 bits per heavy atom. The van der Waals surface area contributed by atoms with Gasteiger partial charge in [0.25, 0.3) is 0 Å². The smallest absolute Gasteiger partial charge is 0.331 e. The second-order valence-corrected chi connectivity index (χ2v) is 3.79. The summed E-state index contributed by atoms with van der Waals surface area (Å²) in [7, 11) is 3.85. The molecule has 12 heavy (non-hydrogen) atoms. The van der Waals surface area contributed by atoms with Crippen LogP contribution in [0.3, 0.4) is 0 Å². The van der Waals surface area contributed by atoms with E-state index in [1.807, 2.05) is 32.8 Å². The highest BCUT2D eigenvalue weighted by molar-refractivity contribution is 5.85. The van der Waals surface area contributed by atoms with Gasteiger partial charge in [0.2, 0.25) is 0 Å². The van der Waals surface area contributed by atoms with Crippen LogP contribution >= 0.6 is 0 Å². The topological polar surface area (TPSA) is 40.5 Å². The van der Waals surface area contributed by atoms with Crippen LogP contribution in [0, 0.1) is 0 Å². The largest absolute Gasteiger partial charge is 0.478 e. The molecule has 0 aromatic rings. The van der Waals surface area contributed by atoms with Gasteiger partial charge in [0.05, 0.1) is 0 Å². The van der Waals surface area contributed by atoms with Gasteiger partial charge >= 0.3 is 5.97 Å². The summed E-state index contributed by atoms with van der Waals surface area (Å²) < 4.78 is 0. The zero-order valence-electron chi connectivity index (χ0n) is 8.22. The fraction of sp³-hybridized carbons (Fsp3) is 0.667. The quantitative estimate of drug-likeness (QED) is 0.649. The van der Waals surface area contributed by atoms with E-state index in [1.165, 1.54) is 0 Å². The number of carboxylic acid groups (broad SMARTS) is 1. The Hall–Kier alpha value is -0.830. The predicted octanol–water partition coefficient (Wildman–Crippen LogP) is 1.36. The predicted molar refractivity (Wildman–Crippen MR) is 49.2 cm³/mol. The highest BCUT2D eigenvalue weighted by Gasteiger charge is 2.23. The highest BCUT2D eigenvalue weighted by Crippen LogP contribution is 2.19. The Kier molecular flexibility index (Phi) is 3.46. The molecular formula is C9H17NO2. The summed E-state index contributed by atoms with van der Waals surface area (Å²) >= 11 is 0. The first-order valence-electron chi connectivity index (χ1n) is 3.86. The Labute approximate surface area is 73.7 Å². The van der Waals surface area contributed by atoms with Crippen molar-refractivity contribution in [2.45, 2.75) is 25.8 Å². The zero-order chi connectivity index (χ0) is 9.94. The molecule has 3 nitrogen and oxygen atoms in total. The Bertz CT molecular complexity index is 195. The minimum Gasteiger partial charge on any atom is -0.478 e. The molecule has 0 fully saturated rings. The molecule has 0 spiro atoms. The second-order valence-electron chi connectivity index (χ2n) is 3.79. The lowest BCUT2D eigenvalue weighted by Crippen LogP contribution is -2.38. The molecular weight excluding hydrogens is 154 g/mol. The molecule has 0 aromatic carbocycles. The lowest BCUT2D eigenvalue weighted by atomic mass is 9.94. The number of hydrogen-bond acceptors (Lipinski definition) is 2. The molecule has 0 rings (SSSR count). The third kappa shape index (κ3) is 3.05. The highest BCUT2D eigenvalue weighted by atomic mass is 16.4. The van der Waals surface area contributed by atoms with Crippen molar-refractivity contribution >= 4 is 5.97 Å². The maximum absolute atomic E-state index is 10.5. The van der Waals surface area contributed by atoms with Crippen LogP contribution in [0.15, 0.2) is 12.2 Å². The molecule has 1 N–H and O–H groups in total. The van der Waals surface area contributed by atoms with Crippen LogP contribution in [0.25, 0.3) is 0 Å². The van der Waals surface area contributed by atoms with Crippen molar-refractivity contribution in [3.63, 3.8) is 0 Å². The lowest BCUT2D eigenvalue weighted by molar-refractivity contribution is -0.133. The van der Waals surface area contributed by atoms with E-state index in [1.54, 1.807) is 0 Å². The normalized spacial score (nSPS) is 11.8. The summed E-state index contributed by atoms with van der Waals surface area (Å²) in [6.07, 6.45) is 0.481. The summed E-state index contributed by atoms with van der Waals surface area (Å²) in [6, 6.07) is 0. The van der Waals surface area contributed by atoms with Crippen LogP contribution in [-0.2, 0) is 4.79 Å². The fourth-order valence-electron chi connectivity index (χ4n) is 0.756. The average molecular weight is 171 g/mol. The van der Waals surface area contributed by atoms with E-state index < -0.39 is 5.97 Å². The number of carbonyl (C=O) groups is 1. The van der Waals surface area contributed by atoms with Crippen LogP contribution in [0.5, 0.6) is 0 Å². The van der Waals surface area contributed by atoms with E-state index in [0.29, 0.717) is 6.42 Å². The standard InChI is InChI=1S/C9H17NO2/c1-7(8(11)12)6-9(2,3)10(4)5/h1,6H2,2-5H3,(H,11,12). The Morgan fingerprint density at radius 2 is 1.92 bits per heavy atom. The number of aliphatic carboxylic acids is 1. The van der Waals surface area contributed by atoms with Gasteiger partial charge in [-0.15, -0.1) is 0 Å². The van der Waals surface area contributed by atoms with Gasteiger partial charge in [-0.2, -0.15) is 0 Å². The van der Waals surface area contributed by atoms with Crippen LogP contribution in [0.4, 0.5) is 0 Å². The van der Waals surface area contributed by atoms with E-state index in [0.717, 1.165) is 0 Å². The number of rotatable bonds is 4. The number of nitrogens with zero attached hydrogens (tertiary/aromatic N) is 1. The van der Waals surface area contributed by atoms with E-state index in [2.05, 4.69) is 6.58 Å². The first-order chi connectivity index (χ1) is 5.27. The molecule has 0 bridgehead atoms. The SMILES string of the molecule is C=C(CC(C)(C)N(C)C)C(=O)O. The molecule has 0 heterocycles. The van der Waals surface area contributed by atoms with Crippen molar-refractivity contribution in [2.24, 2.45) is 0 Å². The van der Waals surface area contributed by atoms with Crippen molar-refractivity contribution in [1.29, 1.82) is 0 Å². The summed E-state index contributed by atoms with van der Waals surface area (Å²) in [4.78, 5) is 12.5. The van der Waals surface area contributed by atoms with Crippen molar-refractivity contribution in [1.82, 2.24) is 4.90 Å². The molecule has 0 unspecified atom stereocenters. The van der Waals surface area contributed by atoms with Gasteiger partial charge in [-0.05, 0) is 34.4 Å². The molecule has 0 saturated carbocycles. The van der Waals surface area contributed by atoms with Crippen LogP contribution in [0.2, 0.25) is 0 Å². The van der Waals surface area contributed by atoms with Gasteiger partial charge in [0.15, 0.2) is 0 Å². The van der Waals surface area contributed by atoms with Gasteiger partial charge in [-0.1, -0.05) is 6.58 Å². The van der Waals surface area contributed by atoms with Crippen molar-refractivity contribution in [2.75, 3.05) is 14.1 Å². The van der Waals surface area contributed by atoms with Crippen LogP contribution in [0.1, 0.15) is 20.3 Å². The summed E-state index contributed by atoms with van der Waals surface area (Å²) in [5, 5.41) is 8.61. The van der Waals surface area contributed by atoms with Gasteiger partial charge in [-0.3, -0.25) is 0 Å². The Morgan fingerprint density at radius 1 is 1.50 bits per heavy atom. The maximum Gasteiger partial charge on any atom is 0.331 e. The molecule has 0 aliphatic carbocycles. The first kappa shape index (κ1) is 11.2. The minimum absolute atomic E-state index is 0.143. The van der Waals surface area contributed by atoms with E-state index >= 15 is 0 Å². The molecule has 0 aliphatic heterocycles. The van der Waals surface area contributed by atoms with Crippen LogP contribution < -0.4 is 0 Å². The van der Waals surface area contributed by atoms with Gasteiger partial charge in [-0.25, -0.2) is 4.79 Å². The van der Waals surface area contributed by atoms with E-state index in [9.17, 15) is 4.79 Å². The van der Waals surface area contributed by atoms with E-state index in [-0.39, 0.29) is 11.1 Å². The molecule has 0 atom stereocenters. The van der Waals surface area contributed by atoms with Gasteiger partial charge in [0, 0.05) is 11.1 Å². The number of carboxylic acids is 1. The molecule has 0 radical (unpaired) electrons. The molecule has 0 aliphatic rings. The summed E-state index contributed by atoms with van der Waals surface area (Å²) in [5.41, 5.74) is 0.115. The average Bonchev–Trinajstić information content (AvgIpc) is 1.85. The maximum atomic E-state index is 10.5. The zero-order valence-corrected chi connectivity index (χ0v) is 8.22. The minimum atomic E-state index is -0.912. The Balaban J connectivity index is 4.25. The van der Waals surface area contributed by atoms with Crippen molar-refractivity contribution < 1.29 is 9.90 Å². The van der Waals surface area contributed by atoms with Crippen molar-refractivity contribution in [3.8, 4) is 0 Å². The van der Waals surface area contributed by atoms with E-state index in [4.69, 9.17) is 5.11 Å².